The van der Waals surface area contributed by atoms with E-state index < -0.39 is 0 Å². The molecule has 1 fully saturated rings. The molecule has 2 aromatic rings. The summed E-state index contributed by atoms with van der Waals surface area (Å²) in [6.07, 6.45) is 4.73. The first-order chi connectivity index (χ1) is 9.75. The van der Waals surface area contributed by atoms with Crippen molar-refractivity contribution in [2.75, 3.05) is 0 Å². The van der Waals surface area contributed by atoms with Crippen LogP contribution in [0.2, 0.25) is 0 Å². The summed E-state index contributed by atoms with van der Waals surface area (Å²) in [6, 6.07) is 7.99. The summed E-state index contributed by atoms with van der Waals surface area (Å²) in [5.74, 6) is 0.0630. The molecule has 3 N–H and O–H groups in total. The Hall–Kier alpha value is -1.89. The standard InChI is InChI=1S/C13H16N6S/c14-12(15)10-7-3-4-8-11(10)20-13-16-17-18-19(13)9-5-1-2-6-9/h3-4,7-9H,1-2,5-6H2,(H3,14,15). The van der Waals surface area contributed by atoms with E-state index in [0.717, 1.165) is 28.5 Å². The summed E-state index contributed by atoms with van der Waals surface area (Å²) in [5, 5.41) is 20.4. The number of nitrogens with two attached hydrogens (primary N) is 1. The van der Waals surface area contributed by atoms with Gasteiger partial charge in [0.2, 0.25) is 5.16 Å². The van der Waals surface area contributed by atoms with E-state index in [4.69, 9.17) is 11.1 Å². The zero-order valence-electron chi connectivity index (χ0n) is 11.0. The smallest absolute Gasteiger partial charge is 0.214 e. The van der Waals surface area contributed by atoms with Crippen LogP contribution in [-0.4, -0.2) is 26.0 Å². The second kappa shape index (κ2) is 5.62. The molecule has 1 heterocycles. The van der Waals surface area contributed by atoms with Crippen molar-refractivity contribution in [3.05, 3.63) is 29.8 Å². The molecule has 6 nitrogen and oxygen atoms in total. The number of nitrogen functional groups attached to an aromatic ring is 1. The summed E-state index contributed by atoms with van der Waals surface area (Å²) in [6.45, 7) is 0. The van der Waals surface area contributed by atoms with Crippen LogP contribution in [-0.2, 0) is 0 Å². The van der Waals surface area contributed by atoms with E-state index in [1.807, 2.05) is 28.9 Å². The Balaban J connectivity index is 1.88. The van der Waals surface area contributed by atoms with Crippen LogP contribution < -0.4 is 5.73 Å². The molecule has 0 atom stereocenters. The zero-order valence-corrected chi connectivity index (χ0v) is 11.8. The molecule has 1 aromatic heterocycles. The van der Waals surface area contributed by atoms with Gasteiger partial charge in [-0.3, -0.25) is 5.41 Å². The molecule has 7 heteroatoms. The fraction of sp³-hybridized carbons (Fsp3) is 0.385. The zero-order chi connectivity index (χ0) is 13.9. The minimum Gasteiger partial charge on any atom is -0.384 e. The number of aromatic nitrogens is 4. The molecule has 1 aromatic carbocycles. The van der Waals surface area contributed by atoms with Gasteiger partial charge in [0.15, 0.2) is 0 Å². The highest BCUT2D eigenvalue weighted by atomic mass is 32.2. The maximum absolute atomic E-state index is 7.63. The van der Waals surface area contributed by atoms with Gasteiger partial charge < -0.3 is 5.73 Å². The van der Waals surface area contributed by atoms with Crippen LogP contribution in [0.3, 0.4) is 0 Å². The molecule has 1 saturated carbocycles. The Morgan fingerprint density at radius 3 is 2.80 bits per heavy atom. The summed E-state index contributed by atoms with van der Waals surface area (Å²) >= 11 is 1.47. The number of hydrogen-bond acceptors (Lipinski definition) is 5. The first-order valence-electron chi connectivity index (χ1n) is 6.65. The van der Waals surface area contributed by atoms with E-state index in [9.17, 15) is 0 Å². The van der Waals surface area contributed by atoms with Gasteiger partial charge in [-0.2, -0.15) is 0 Å². The molecular formula is C13H16N6S. The van der Waals surface area contributed by atoms with Crippen LogP contribution in [0.25, 0.3) is 0 Å². The van der Waals surface area contributed by atoms with Gasteiger partial charge in [0.05, 0.1) is 6.04 Å². The van der Waals surface area contributed by atoms with Gasteiger partial charge in [-0.1, -0.05) is 31.0 Å². The lowest BCUT2D eigenvalue weighted by molar-refractivity contribution is 0.423. The van der Waals surface area contributed by atoms with Crippen LogP contribution in [0, 0.1) is 5.41 Å². The highest BCUT2D eigenvalue weighted by Gasteiger charge is 2.22. The Labute approximate surface area is 121 Å². The SMILES string of the molecule is N=C(N)c1ccccc1Sc1nnnn1C1CCCC1. The number of rotatable bonds is 4. The predicted octanol–water partition coefficient (Wildman–Crippen LogP) is 2.22. The average molecular weight is 288 g/mol. The fourth-order valence-corrected chi connectivity index (χ4v) is 3.49. The minimum atomic E-state index is 0.0630. The molecule has 20 heavy (non-hydrogen) atoms. The van der Waals surface area contributed by atoms with E-state index >= 15 is 0 Å². The molecule has 3 rings (SSSR count). The number of nitrogens with zero attached hydrogens (tertiary/aromatic N) is 4. The number of nitrogens with one attached hydrogen (secondary N) is 1. The van der Waals surface area contributed by atoms with E-state index in [-0.39, 0.29) is 5.84 Å². The lowest BCUT2D eigenvalue weighted by Gasteiger charge is -2.12. The number of amidine groups is 1. The number of benzene rings is 1. The van der Waals surface area contributed by atoms with Crippen molar-refractivity contribution >= 4 is 17.6 Å². The maximum atomic E-state index is 7.63. The minimum absolute atomic E-state index is 0.0630. The highest BCUT2D eigenvalue weighted by Crippen LogP contribution is 2.34. The Bertz CT molecular complexity index is 617. The van der Waals surface area contributed by atoms with Crippen molar-refractivity contribution in [3.63, 3.8) is 0 Å². The van der Waals surface area contributed by atoms with E-state index in [1.54, 1.807) is 0 Å². The predicted molar refractivity (Wildman–Crippen MR) is 76.9 cm³/mol. The Morgan fingerprint density at radius 1 is 1.30 bits per heavy atom. The third kappa shape index (κ3) is 2.53. The maximum Gasteiger partial charge on any atom is 0.214 e. The monoisotopic (exact) mass is 288 g/mol. The lowest BCUT2D eigenvalue weighted by Crippen LogP contribution is -2.12. The summed E-state index contributed by atoms with van der Waals surface area (Å²) in [7, 11) is 0. The second-order valence-corrected chi connectivity index (χ2v) is 5.87. The van der Waals surface area contributed by atoms with Gasteiger partial charge in [0, 0.05) is 10.5 Å². The third-order valence-corrected chi connectivity index (χ3v) is 4.54. The van der Waals surface area contributed by atoms with Gasteiger partial charge >= 0.3 is 0 Å². The Morgan fingerprint density at radius 2 is 2.05 bits per heavy atom. The molecule has 0 radical (unpaired) electrons. The van der Waals surface area contributed by atoms with Crippen LogP contribution in [0.5, 0.6) is 0 Å². The summed E-state index contributed by atoms with van der Waals surface area (Å²) in [5.41, 5.74) is 6.34. The average Bonchev–Trinajstić information content (AvgIpc) is 3.09. The molecule has 0 unspecified atom stereocenters. The first kappa shape index (κ1) is 13.1. The van der Waals surface area contributed by atoms with Crippen molar-refractivity contribution in [1.82, 2.24) is 20.2 Å². The van der Waals surface area contributed by atoms with Crippen LogP contribution in [0.4, 0.5) is 0 Å². The fourth-order valence-electron chi connectivity index (χ4n) is 2.51. The normalized spacial score (nSPS) is 15.6. The van der Waals surface area contributed by atoms with E-state index in [2.05, 4.69) is 15.5 Å². The molecule has 1 aliphatic carbocycles. The van der Waals surface area contributed by atoms with Crippen molar-refractivity contribution in [3.8, 4) is 0 Å². The van der Waals surface area contributed by atoms with Gasteiger partial charge in [0.1, 0.15) is 5.84 Å². The van der Waals surface area contributed by atoms with Crippen molar-refractivity contribution in [2.24, 2.45) is 5.73 Å². The molecular weight excluding hydrogens is 272 g/mol. The molecule has 0 amide bonds. The number of hydrogen-bond donors (Lipinski definition) is 2. The van der Waals surface area contributed by atoms with Crippen LogP contribution >= 0.6 is 11.8 Å². The third-order valence-electron chi connectivity index (χ3n) is 3.51. The van der Waals surface area contributed by atoms with Gasteiger partial charge in [0.25, 0.3) is 0 Å². The summed E-state index contributed by atoms with van der Waals surface area (Å²) in [4.78, 5) is 0.911. The molecule has 0 saturated heterocycles. The molecule has 0 spiro atoms. The molecule has 0 aliphatic heterocycles. The Kier molecular flexibility index (Phi) is 3.68. The highest BCUT2D eigenvalue weighted by molar-refractivity contribution is 7.99. The summed E-state index contributed by atoms with van der Waals surface area (Å²) < 4.78 is 1.91. The molecule has 104 valence electrons. The van der Waals surface area contributed by atoms with Crippen molar-refractivity contribution < 1.29 is 0 Å². The van der Waals surface area contributed by atoms with Crippen LogP contribution in [0.1, 0.15) is 37.3 Å². The van der Waals surface area contributed by atoms with Gasteiger partial charge in [-0.25, -0.2) is 4.68 Å². The second-order valence-electron chi connectivity index (χ2n) is 4.86. The van der Waals surface area contributed by atoms with E-state index in [0.29, 0.717) is 6.04 Å². The van der Waals surface area contributed by atoms with Gasteiger partial charge in [-0.15, -0.1) is 5.10 Å². The first-order valence-corrected chi connectivity index (χ1v) is 7.46. The quantitative estimate of drug-likeness (QED) is 0.664. The molecule has 1 aliphatic rings. The topological polar surface area (TPSA) is 93.5 Å². The van der Waals surface area contributed by atoms with Crippen molar-refractivity contribution in [2.45, 2.75) is 41.8 Å². The lowest BCUT2D eigenvalue weighted by atomic mass is 10.2. The largest absolute Gasteiger partial charge is 0.384 e. The van der Waals surface area contributed by atoms with E-state index in [1.165, 1.54) is 24.6 Å². The van der Waals surface area contributed by atoms with Crippen LogP contribution in [0.15, 0.2) is 34.3 Å². The number of tetrazole rings is 1. The van der Waals surface area contributed by atoms with Crippen molar-refractivity contribution in [1.29, 1.82) is 5.41 Å². The molecule has 0 bridgehead atoms. The van der Waals surface area contributed by atoms with Gasteiger partial charge in [-0.05, 0) is 41.1 Å².